The van der Waals surface area contributed by atoms with Gasteiger partial charge in [0, 0.05) is 26.7 Å². The third kappa shape index (κ3) is 2.07. The zero-order chi connectivity index (χ0) is 15.3. The number of likely N-dealkylation sites (N-methyl/N-ethyl adjacent to an activating group) is 1. The Morgan fingerprint density at radius 1 is 1.23 bits per heavy atom. The molecule has 0 aromatic carbocycles. The van der Waals surface area contributed by atoms with Crippen LogP contribution >= 0.6 is 11.6 Å². The Morgan fingerprint density at radius 2 is 2.00 bits per heavy atom. The summed E-state index contributed by atoms with van der Waals surface area (Å²) in [7, 11) is 1.80. The summed E-state index contributed by atoms with van der Waals surface area (Å²) in [6.45, 7) is 3.47. The molecule has 1 atom stereocenters. The van der Waals surface area contributed by atoms with E-state index in [2.05, 4.69) is 19.9 Å². The number of aromatic nitrogens is 2. The van der Waals surface area contributed by atoms with Gasteiger partial charge in [0.1, 0.15) is 5.36 Å². The summed E-state index contributed by atoms with van der Waals surface area (Å²) in [6.07, 6.45) is 0.777. The number of nitrogens with zero attached hydrogens (tertiary/aromatic N) is 5. The maximum absolute atomic E-state index is 12.3. The molecule has 22 heavy (non-hydrogen) atoms. The monoisotopic (exact) mass is 321 g/mol. The van der Waals surface area contributed by atoms with Crippen molar-refractivity contribution in [2.45, 2.75) is 12.5 Å². The molecule has 1 amide bonds. The van der Waals surface area contributed by atoms with Gasteiger partial charge in [0.2, 0.25) is 5.28 Å². The Bertz CT molecular complexity index is 759. The van der Waals surface area contributed by atoms with Crippen LogP contribution in [0.5, 0.6) is 0 Å². The predicted molar refractivity (Wildman–Crippen MR) is 80.3 cm³/mol. The first-order valence-electron chi connectivity index (χ1n) is 7.37. The maximum Gasteiger partial charge on any atom is 0.251 e. The van der Waals surface area contributed by atoms with Crippen LogP contribution in [0.1, 0.15) is 6.42 Å². The van der Waals surface area contributed by atoms with Gasteiger partial charge in [0.25, 0.3) is 5.91 Å². The molecule has 0 bridgehead atoms. The molecular formula is C14H16ClN5O2. The number of amides is 1. The number of morpholine rings is 1. The molecule has 2 saturated heterocycles. The van der Waals surface area contributed by atoms with Gasteiger partial charge in [-0.15, -0.1) is 0 Å². The minimum Gasteiger partial charge on any atom is -0.378 e. The van der Waals surface area contributed by atoms with Gasteiger partial charge < -0.3 is 14.5 Å². The van der Waals surface area contributed by atoms with Crippen LogP contribution in [0.3, 0.4) is 0 Å². The van der Waals surface area contributed by atoms with Crippen LogP contribution in [0.15, 0.2) is 4.99 Å². The molecule has 1 aromatic heterocycles. The van der Waals surface area contributed by atoms with Crippen LogP contribution in [0.2, 0.25) is 5.28 Å². The third-order valence-electron chi connectivity index (χ3n) is 4.37. The van der Waals surface area contributed by atoms with Crippen molar-refractivity contribution in [1.82, 2.24) is 14.9 Å². The highest BCUT2D eigenvalue weighted by molar-refractivity contribution is 6.28. The molecule has 3 aliphatic heterocycles. The number of rotatable bonds is 1. The van der Waals surface area contributed by atoms with Gasteiger partial charge >= 0.3 is 0 Å². The number of hydrogen-bond donors (Lipinski definition) is 0. The first-order chi connectivity index (χ1) is 10.6. The lowest BCUT2D eigenvalue weighted by Gasteiger charge is -2.27. The van der Waals surface area contributed by atoms with Crippen LogP contribution in [-0.2, 0) is 9.53 Å². The molecule has 1 unspecified atom stereocenters. The van der Waals surface area contributed by atoms with Crippen molar-refractivity contribution < 1.29 is 9.53 Å². The number of anilines is 1. The molecule has 0 spiro atoms. The fourth-order valence-corrected chi connectivity index (χ4v) is 3.32. The van der Waals surface area contributed by atoms with Gasteiger partial charge in [-0.05, 0) is 23.6 Å². The molecule has 8 heteroatoms. The molecule has 116 valence electrons. The van der Waals surface area contributed by atoms with E-state index in [0.29, 0.717) is 25.1 Å². The number of fused-ring (bicyclic) bond motifs is 2. The lowest BCUT2D eigenvalue weighted by molar-refractivity contribution is -0.130. The molecule has 3 aliphatic rings. The second-order valence-electron chi connectivity index (χ2n) is 5.68. The second-order valence-corrected chi connectivity index (χ2v) is 6.02. The van der Waals surface area contributed by atoms with E-state index < -0.39 is 6.04 Å². The summed E-state index contributed by atoms with van der Waals surface area (Å²) in [5.41, 5.74) is 0.969. The summed E-state index contributed by atoms with van der Waals surface area (Å²) in [4.78, 5) is 29.5. The van der Waals surface area contributed by atoms with Crippen molar-refractivity contribution in [1.29, 1.82) is 0 Å². The summed E-state index contributed by atoms with van der Waals surface area (Å²) < 4.78 is 5.38. The number of likely N-dealkylation sites (tertiary alicyclic amines) is 1. The zero-order valence-electron chi connectivity index (χ0n) is 12.3. The SMILES string of the molecule is CN1CCC2=c3nc(Cl)nc(N4CCOCC4)c3=NC2C1=O. The van der Waals surface area contributed by atoms with Crippen LogP contribution in [0.25, 0.3) is 5.57 Å². The van der Waals surface area contributed by atoms with E-state index in [4.69, 9.17) is 16.3 Å². The maximum atomic E-state index is 12.3. The Labute approximate surface area is 132 Å². The van der Waals surface area contributed by atoms with Crippen molar-refractivity contribution in [3.8, 4) is 0 Å². The number of carbonyl (C=O) groups excluding carboxylic acids is 1. The fraction of sp³-hybridized carbons (Fsp3) is 0.571. The first kappa shape index (κ1) is 13.9. The summed E-state index contributed by atoms with van der Waals surface area (Å²) in [6, 6.07) is -0.457. The Hall–Kier alpha value is -1.73. The van der Waals surface area contributed by atoms with Crippen molar-refractivity contribution in [2.75, 3.05) is 44.8 Å². The Kier molecular flexibility index (Phi) is 3.27. The standard InChI is InChI=1S/C14H16ClN5O2/c1-19-3-2-8-9-11(16-10(8)13(19)21)12(18-14(15)17-9)20-4-6-22-7-5-20/h10H,2-7H2,1H3. The molecule has 2 fully saturated rings. The summed E-state index contributed by atoms with van der Waals surface area (Å²) >= 11 is 6.11. The average molecular weight is 322 g/mol. The Morgan fingerprint density at radius 3 is 2.77 bits per heavy atom. The fourth-order valence-electron chi connectivity index (χ4n) is 3.16. The van der Waals surface area contributed by atoms with E-state index in [1.165, 1.54) is 0 Å². The second kappa shape index (κ2) is 5.17. The number of halogens is 1. The largest absolute Gasteiger partial charge is 0.378 e. The van der Waals surface area contributed by atoms with Crippen LogP contribution in [0, 0.1) is 0 Å². The van der Waals surface area contributed by atoms with Gasteiger partial charge in [-0.3, -0.25) is 9.79 Å². The van der Waals surface area contributed by atoms with Crippen LogP contribution < -0.4 is 15.6 Å². The van der Waals surface area contributed by atoms with Crippen molar-refractivity contribution in [3.63, 3.8) is 0 Å². The van der Waals surface area contributed by atoms with Gasteiger partial charge in [-0.1, -0.05) is 0 Å². The lowest BCUT2D eigenvalue weighted by Crippen LogP contribution is -2.43. The number of hydrogen-bond acceptors (Lipinski definition) is 6. The predicted octanol–water partition coefficient (Wildman–Crippen LogP) is -1.02. The molecule has 0 radical (unpaired) electrons. The molecular weight excluding hydrogens is 306 g/mol. The minimum atomic E-state index is -0.457. The van der Waals surface area contributed by atoms with Crippen molar-refractivity contribution in [3.05, 3.63) is 16.0 Å². The number of piperidine rings is 1. The van der Waals surface area contributed by atoms with Gasteiger partial charge in [0.05, 0.1) is 18.6 Å². The number of ether oxygens (including phenoxy) is 1. The van der Waals surface area contributed by atoms with Crippen LogP contribution in [-0.4, -0.2) is 66.7 Å². The highest BCUT2D eigenvalue weighted by Gasteiger charge is 2.35. The van der Waals surface area contributed by atoms with E-state index in [1.54, 1.807) is 11.9 Å². The van der Waals surface area contributed by atoms with Crippen molar-refractivity contribution >= 4 is 28.9 Å². The average Bonchev–Trinajstić information content (AvgIpc) is 2.90. The highest BCUT2D eigenvalue weighted by Crippen LogP contribution is 2.22. The van der Waals surface area contributed by atoms with Gasteiger partial charge in [-0.2, -0.15) is 4.98 Å². The van der Waals surface area contributed by atoms with E-state index in [9.17, 15) is 4.79 Å². The minimum absolute atomic E-state index is 0.0169. The molecule has 1 aromatic rings. The number of carbonyl (C=O) groups is 1. The zero-order valence-corrected chi connectivity index (χ0v) is 13.0. The van der Waals surface area contributed by atoms with E-state index >= 15 is 0 Å². The molecule has 0 N–H and O–H groups in total. The van der Waals surface area contributed by atoms with E-state index in [-0.39, 0.29) is 11.2 Å². The topological polar surface area (TPSA) is 70.9 Å². The molecule has 0 aliphatic carbocycles. The highest BCUT2D eigenvalue weighted by atomic mass is 35.5. The molecule has 4 heterocycles. The van der Waals surface area contributed by atoms with E-state index in [0.717, 1.165) is 36.3 Å². The van der Waals surface area contributed by atoms with Gasteiger partial charge in [0.15, 0.2) is 11.9 Å². The third-order valence-corrected chi connectivity index (χ3v) is 4.54. The Balaban J connectivity index is 1.89. The summed E-state index contributed by atoms with van der Waals surface area (Å²) in [5, 5.41) is 1.65. The quantitative estimate of drug-likeness (QED) is 0.619. The first-order valence-corrected chi connectivity index (χ1v) is 7.75. The van der Waals surface area contributed by atoms with Crippen molar-refractivity contribution in [2.24, 2.45) is 4.99 Å². The normalized spacial score (nSPS) is 24.2. The summed E-state index contributed by atoms with van der Waals surface area (Å²) in [5.74, 6) is 0.735. The van der Waals surface area contributed by atoms with Gasteiger partial charge in [-0.25, -0.2) is 4.98 Å². The van der Waals surface area contributed by atoms with Crippen LogP contribution in [0.4, 0.5) is 5.82 Å². The lowest BCUT2D eigenvalue weighted by atomic mass is 10.00. The smallest absolute Gasteiger partial charge is 0.251 e. The van der Waals surface area contributed by atoms with E-state index in [1.807, 2.05) is 0 Å². The molecule has 4 rings (SSSR count). The molecule has 0 saturated carbocycles. The molecule has 7 nitrogen and oxygen atoms in total.